The molecule has 5 nitrogen and oxygen atoms in total. The summed E-state index contributed by atoms with van der Waals surface area (Å²) in [6, 6.07) is 9.49. The lowest BCUT2D eigenvalue weighted by molar-refractivity contribution is -0.156. The normalized spacial score (nSPS) is 26.6. The molecule has 1 aromatic carbocycles. The molecule has 1 N–H and O–H groups in total. The summed E-state index contributed by atoms with van der Waals surface area (Å²) < 4.78 is 5.22. The first kappa shape index (κ1) is 17.6. The molecule has 1 unspecified atom stereocenters. The van der Waals surface area contributed by atoms with E-state index < -0.39 is 0 Å². The fourth-order valence-electron chi connectivity index (χ4n) is 4.03. The number of benzene rings is 1. The van der Waals surface area contributed by atoms with E-state index in [9.17, 15) is 14.4 Å². The van der Waals surface area contributed by atoms with Gasteiger partial charge in [-0.2, -0.15) is 0 Å². The average Bonchev–Trinajstić information content (AvgIpc) is 2.60. The maximum absolute atomic E-state index is 12.3. The second-order valence-electron chi connectivity index (χ2n) is 7.20. The standard InChI is InChI=1S/C20H25NO4/c1-13(14-6-3-2-4-7-14)21-18(22)12-25-20(24)17-10-15-8-5-9-16(11-17)19(15)23/h2-4,6-7,13,15-17H,5,8-12H2,1H3,(H,21,22)/t13-,15-,16+,17?/m1/s1. The molecule has 2 aliphatic rings. The Balaban J connectivity index is 1.46. The van der Waals surface area contributed by atoms with Gasteiger partial charge < -0.3 is 10.1 Å². The van der Waals surface area contributed by atoms with Crippen LogP contribution in [-0.2, 0) is 19.1 Å². The predicted molar refractivity (Wildman–Crippen MR) is 92.5 cm³/mol. The van der Waals surface area contributed by atoms with Crippen LogP contribution in [0.2, 0.25) is 0 Å². The van der Waals surface area contributed by atoms with E-state index in [4.69, 9.17) is 4.74 Å². The molecule has 0 radical (unpaired) electrons. The van der Waals surface area contributed by atoms with Gasteiger partial charge in [0.2, 0.25) is 0 Å². The molecular formula is C20H25NO4. The zero-order valence-electron chi connectivity index (χ0n) is 14.6. The minimum Gasteiger partial charge on any atom is -0.455 e. The van der Waals surface area contributed by atoms with Crippen molar-refractivity contribution in [3.8, 4) is 0 Å². The van der Waals surface area contributed by atoms with Crippen LogP contribution < -0.4 is 5.32 Å². The Kier molecular flexibility index (Phi) is 5.51. The van der Waals surface area contributed by atoms with Gasteiger partial charge in [-0.3, -0.25) is 14.4 Å². The van der Waals surface area contributed by atoms with E-state index in [1.807, 2.05) is 37.3 Å². The van der Waals surface area contributed by atoms with E-state index in [0.717, 1.165) is 24.8 Å². The summed E-state index contributed by atoms with van der Waals surface area (Å²) in [6.07, 6.45) is 4.00. The number of amides is 1. The third kappa shape index (κ3) is 4.27. The zero-order chi connectivity index (χ0) is 17.8. The lowest BCUT2D eigenvalue weighted by Crippen LogP contribution is -2.40. The van der Waals surface area contributed by atoms with Crippen LogP contribution in [-0.4, -0.2) is 24.3 Å². The molecule has 25 heavy (non-hydrogen) atoms. The molecule has 0 aliphatic heterocycles. The monoisotopic (exact) mass is 343 g/mol. The van der Waals surface area contributed by atoms with Gasteiger partial charge in [-0.1, -0.05) is 36.8 Å². The number of nitrogens with one attached hydrogen (secondary N) is 1. The fraction of sp³-hybridized carbons (Fsp3) is 0.550. The molecule has 0 spiro atoms. The Morgan fingerprint density at radius 1 is 1.16 bits per heavy atom. The van der Waals surface area contributed by atoms with Gasteiger partial charge in [-0.25, -0.2) is 0 Å². The van der Waals surface area contributed by atoms with Crippen molar-refractivity contribution in [2.24, 2.45) is 17.8 Å². The molecule has 2 saturated carbocycles. The number of rotatable bonds is 5. The zero-order valence-corrected chi connectivity index (χ0v) is 14.6. The summed E-state index contributed by atoms with van der Waals surface area (Å²) in [5, 5.41) is 2.83. The van der Waals surface area contributed by atoms with E-state index in [1.54, 1.807) is 0 Å². The van der Waals surface area contributed by atoms with Crippen molar-refractivity contribution in [3.05, 3.63) is 35.9 Å². The van der Waals surface area contributed by atoms with Gasteiger partial charge in [-0.15, -0.1) is 0 Å². The summed E-state index contributed by atoms with van der Waals surface area (Å²) >= 11 is 0. The summed E-state index contributed by atoms with van der Waals surface area (Å²) in [7, 11) is 0. The van der Waals surface area contributed by atoms with E-state index in [-0.39, 0.29) is 42.3 Å². The fourth-order valence-corrected chi connectivity index (χ4v) is 4.03. The first-order chi connectivity index (χ1) is 12.0. The molecule has 2 fully saturated rings. The van der Waals surface area contributed by atoms with Gasteiger partial charge in [0.15, 0.2) is 6.61 Å². The summed E-state index contributed by atoms with van der Waals surface area (Å²) in [6.45, 7) is 1.62. The number of ketones is 1. The predicted octanol–water partition coefficient (Wildman–Crippen LogP) is 2.80. The highest BCUT2D eigenvalue weighted by Gasteiger charge is 2.41. The van der Waals surface area contributed by atoms with Crippen LogP contribution in [0.15, 0.2) is 30.3 Å². The molecule has 4 atom stereocenters. The minimum absolute atomic E-state index is 0.0111. The molecule has 134 valence electrons. The highest BCUT2D eigenvalue weighted by Crippen LogP contribution is 2.40. The Morgan fingerprint density at radius 2 is 1.80 bits per heavy atom. The van der Waals surface area contributed by atoms with Crippen LogP contribution in [0, 0.1) is 17.8 Å². The molecule has 0 heterocycles. The average molecular weight is 343 g/mol. The van der Waals surface area contributed by atoms with Crippen LogP contribution in [0.25, 0.3) is 0 Å². The van der Waals surface area contributed by atoms with Crippen molar-refractivity contribution < 1.29 is 19.1 Å². The molecule has 0 aromatic heterocycles. The number of hydrogen-bond acceptors (Lipinski definition) is 4. The number of hydrogen-bond donors (Lipinski definition) is 1. The van der Waals surface area contributed by atoms with Crippen molar-refractivity contribution in [1.29, 1.82) is 0 Å². The molecule has 2 bridgehead atoms. The lowest BCUT2D eigenvalue weighted by Gasteiger charge is -2.36. The minimum atomic E-state index is -0.341. The van der Waals surface area contributed by atoms with Crippen molar-refractivity contribution in [1.82, 2.24) is 5.32 Å². The molecule has 1 amide bonds. The number of ether oxygens (including phenoxy) is 1. The first-order valence-corrected chi connectivity index (χ1v) is 9.09. The molecule has 5 heteroatoms. The van der Waals surface area contributed by atoms with Gasteiger partial charge in [0.05, 0.1) is 12.0 Å². The van der Waals surface area contributed by atoms with Gasteiger partial charge in [0.25, 0.3) is 5.91 Å². The number of Topliss-reactive ketones (excluding diaryl/α,β-unsaturated/α-hetero) is 1. The summed E-state index contributed by atoms with van der Waals surface area (Å²) in [4.78, 5) is 36.4. The maximum atomic E-state index is 12.3. The topological polar surface area (TPSA) is 72.5 Å². The van der Waals surface area contributed by atoms with Gasteiger partial charge in [0.1, 0.15) is 5.78 Å². The number of carbonyl (C=O) groups is 3. The molecular weight excluding hydrogens is 318 g/mol. The number of carbonyl (C=O) groups excluding carboxylic acids is 3. The van der Waals surface area contributed by atoms with Gasteiger partial charge in [0, 0.05) is 11.8 Å². The van der Waals surface area contributed by atoms with E-state index in [1.165, 1.54) is 0 Å². The first-order valence-electron chi connectivity index (χ1n) is 9.09. The van der Waals surface area contributed by atoms with E-state index in [0.29, 0.717) is 18.6 Å². The number of esters is 1. The Hall–Kier alpha value is -2.17. The van der Waals surface area contributed by atoms with Crippen molar-refractivity contribution in [2.75, 3.05) is 6.61 Å². The van der Waals surface area contributed by atoms with Crippen molar-refractivity contribution in [2.45, 2.75) is 45.1 Å². The van der Waals surface area contributed by atoms with Crippen LogP contribution >= 0.6 is 0 Å². The summed E-state index contributed by atoms with van der Waals surface area (Å²) in [5.41, 5.74) is 1.00. The quantitative estimate of drug-likeness (QED) is 0.835. The lowest BCUT2D eigenvalue weighted by atomic mass is 9.67. The van der Waals surface area contributed by atoms with Gasteiger partial charge >= 0.3 is 5.97 Å². The highest BCUT2D eigenvalue weighted by molar-refractivity contribution is 5.88. The van der Waals surface area contributed by atoms with Crippen molar-refractivity contribution in [3.63, 3.8) is 0 Å². The Bertz CT molecular complexity index is 626. The van der Waals surface area contributed by atoms with E-state index in [2.05, 4.69) is 5.32 Å². The Morgan fingerprint density at radius 3 is 2.44 bits per heavy atom. The van der Waals surface area contributed by atoms with Crippen LogP contribution in [0.3, 0.4) is 0 Å². The highest BCUT2D eigenvalue weighted by atomic mass is 16.5. The van der Waals surface area contributed by atoms with Crippen molar-refractivity contribution >= 4 is 17.7 Å². The molecule has 1 aromatic rings. The summed E-state index contributed by atoms with van der Waals surface area (Å²) in [5.74, 6) is -0.547. The number of fused-ring (bicyclic) bond motifs is 2. The smallest absolute Gasteiger partial charge is 0.309 e. The van der Waals surface area contributed by atoms with Crippen LogP contribution in [0.1, 0.15) is 50.6 Å². The molecule has 2 aliphatic carbocycles. The third-order valence-electron chi connectivity index (χ3n) is 5.40. The molecule has 0 saturated heterocycles. The maximum Gasteiger partial charge on any atom is 0.309 e. The van der Waals surface area contributed by atoms with E-state index >= 15 is 0 Å². The second-order valence-corrected chi connectivity index (χ2v) is 7.20. The largest absolute Gasteiger partial charge is 0.455 e. The van der Waals surface area contributed by atoms with Gasteiger partial charge in [-0.05, 0) is 38.2 Å². The molecule has 3 rings (SSSR count). The van der Waals surface area contributed by atoms with Crippen LogP contribution in [0.5, 0.6) is 0 Å². The second kappa shape index (κ2) is 7.81. The van der Waals surface area contributed by atoms with Crippen LogP contribution in [0.4, 0.5) is 0 Å². The SMILES string of the molecule is C[C@@H](NC(=O)COC(=O)C1C[C@H]2CCC[C@@H](C1)C2=O)c1ccccc1. The third-order valence-corrected chi connectivity index (χ3v) is 5.40. The Labute approximate surface area is 148 Å².